The van der Waals surface area contributed by atoms with Crippen LogP contribution in [0.5, 0.6) is 0 Å². The normalized spacial score (nSPS) is 20.0. The van der Waals surface area contributed by atoms with Crippen LogP contribution < -0.4 is 10.6 Å². The maximum absolute atomic E-state index is 11.6. The highest BCUT2D eigenvalue weighted by Crippen LogP contribution is 2.33. The first-order chi connectivity index (χ1) is 14.4. The van der Waals surface area contributed by atoms with E-state index >= 15 is 0 Å². The van der Waals surface area contributed by atoms with Gasteiger partial charge in [-0.25, -0.2) is 13.4 Å². The van der Waals surface area contributed by atoms with Crippen molar-refractivity contribution in [3.63, 3.8) is 0 Å². The van der Waals surface area contributed by atoms with Crippen LogP contribution >= 0.6 is 24.0 Å². The lowest BCUT2D eigenvalue weighted by atomic mass is 9.80. The van der Waals surface area contributed by atoms with Crippen molar-refractivity contribution in [2.75, 3.05) is 45.6 Å². The number of hydrogen-bond acceptors (Lipinski definition) is 5. The third kappa shape index (κ3) is 7.57. The molecule has 0 spiro atoms. The third-order valence-electron chi connectivity index (χ3n) is 6.17. The Balaban J connectivity index is 0.00000341. The van der Waals surface area contributed by atoms with Gasteiger partial charge in [-0.1, -0.05) is 31.4 Å². The highest BCUT2D eigenvalue weighted by Gasteiger charge is 2.38. The zero-order valence-corrected chi connectivity index (χ0v) is 21.9. The van der Waals surface area contributed by atoms with Gasteiger partial charge < -0.3 is 15.4 Å². The number of rotatable bonds is 7. The topological polar surface area (TPSA) is 83.0 Å². The van der Waals surface area contributed by atoms with Gasteiger partial charge >= 0.3 is 0 Å². The van der Waals surface area contributed by atoms with E-state index in [-0.39, 0.29) is 29.5 Å². The van der Waals surface area contributed by atoms with E-state index in [4.69, 9.17) is 9.73 Å². The van der Waals surface area contributed by atoms with Crippen LogP contribution in [0.3, 0.4) is 0 Å². The summed E-state index contributed by atoms with van der Waals surface area (Å²) in [4.78, 5) is 7.70. The van der Waals surface area contributed by atoms with Crippen molar-refractivity contribution in [1.82, 2.24) is 15.5 Å². The number of nitrogens with zero attached hydrogens (tertiary/aromatic N) is 2. The van der Waals surface area contributed by atoms with Gasteiger partial charge in [-0.3, -0.25) is 4.90 Å². The second-order valence-corrected chi connectivity index (χ2v) is 10.4. The first-order valence-corrected chi connectivity index (χ1v) is 13.0. The van der Waals surface area contributed by atoms with Crippen LogP contribution in [0.4, 0.5) is 0 Å². The molecule has 1 heterocycles. The van der Waals surface area contributed by atoms with Crippen LogP contribution in [-0.2, 0) is 21.1 Å². The highest BCUT2D eigenvalue weighted by atomic mass is 127. The van der Waals surface area contributed by atoms with Gasteiger partial charge in [0.25, 0.3) is 0 Å². The van der Waals surface area contributed by atoms with E-state index < -0.39 is 9.84 Å². The summed E-state index contributed by atoms with van der Waals surface area (Å²) in [7, 11) is -3.17. The zero-order chi connectivity index (χ0) is 21.5. The molecule has 1 aliphatic heterocycles. The number of hydrogen-bond donors (Lipinski definition) is 2. The molecule has 0 amide bonds. The fraction of sp³-hybridized carbons (Fsp3) is 0.682. The molecule has 2 aliphatic rings. The van der Waals surface area contributed by atoms with Crippen LogP contribution in [0.15, 0.2) is 34.2 Å². The van der Waals surface area contributed by atoms with Gasteiger partial charge in [-0.2, -0.15) is 0 Å². The monoisotopic (exact) mass is 564 g/mol. The molecule has 1 aromatic rings. The van der Waals surface area contributed by atoms with Gasteiger partial charge in [0.15, 0.2) is 15.8 Å². The van der Waals surface area contributed by atoms with Crippen molar-refractivity contribution in [3.05, 3.63) is 29.8 Å². The van der Waals surface area contributed by atoms with Crippen LogP contribution in [0, 0.1) is 0 Å². The SMILES string of the molecule is CCNC(=NCc1ccc(S(C)(=O)=O)cc1)NCC1(N2CCOCC2)CCCCC1.I. The minimum absolute atomic E-state index is 0. The summed E-state index contributed by atoms with van der Waals surface area (Å²) in [5.41, 5.74) is 1.16. The molecular weight excluding hydrogens is 527 g/mol. The third-order valence-corrected chi connectivity index (χ3v) is 7.30. The first-order valence-electron chi connectivity index (χ1n) is 11.1. The molecule has 0 unspecified atom stereocenters. The Morgan fingerprint density at radius 1 is 1.10 bits per heavy atom. The summed E-state index contributed by atoms with van der Waals surface area (Å²) in [6.45, 7) is 7.89. The Morgan fingerprint density at radius 3 is 2.32 bits per heavy atom. The number of aliphatic imine (C=N–C) groups is 1. The van der Waals surface area contributed by atoms with E-state index in [1.165, 1.54) is 38.4 Å². The van der Waals surface area contributed by atoms with Crippen LogP contribution in [0.25, 0.3) is 0 Å². The predicted octanol–water partition coefficient (Wildman–Crippen LogP) is 2.80. The molecule has 1 aromatic carbocycles. The second kappa shape index (κ2) is 12.4. The average molecular weight is 565 g/mol. The summed E-state index contributed by atoms with van der Waals surface area (Å²) in [6, 6.07) is 6.96. The second-order valence-electron chi connectivity index (χ2n) is 8.35. The van der Waals surface area contributed by atoms with Crippen molar-refractivity contribution in [2.45, 2.75) is 56.0 Å². The predicted molar refractivity (Wildman–Crippen MR) is 136 cm³/mol. The van der Waals surface area contributed by atoms with Gasteiger partial charge in [-0.15, -0.1) is 24.0 Å². The van der Waals surface area contributed by atoms with Crippen LogP contribution in [-0.4, -0.2) is 70.5 Å². The number of ether oxygens (including phenoxy) is 1. The number of guanidine groups is 1. The first kappa shape index (κ1) is 26.3. The molecule has 1 saturated heterocycles. The van der Waals surface area contributed by atoms with Crippen molar-refractivity contribution in [2.24, 2.45) is 4.99 Å². The Morgan fingerprint density at radius 2 is 1.74 bits per heavy atom. The highest BCUT2D eigenvalue weighted by molar-refractivity contribution is 14.0. The van der Waals surface area contributed by atoms with Gasteiger partial charge in [0.1, 0.15) is 0 Å². The molecular formula is C22H37IN4O3S. The van der Waals surface area contributed by atoms with Gasteiger partial charge in [0, 0.05) is 38.0 Å². The molecule has 1 saturated carbocycles. The molecule has 176 valence electrons. The summed E-state index contributed by atoms with van der Waals surface area (Å²) < 4.78 is 28.8. The zero-order valence-electron chi connectivity index (χ0n) is 18.7. The number of morpholine rings is 1. The molecule has 0 atom stereocenters. The maximum Gasteiger partial charge on any atom is 0.191 e. The Labute approximate surface area is 204 Å². The molecule has 3 rings (SSSR count). The molecule has 31 heavy (non-hydrogen) atoms. The van der Waals surface area contributed by atoms with Crippen molar-refractivity contribution >= 4 is 39.8 Å². The van der Waals surface area contributed by atoms with E-state index in [2.05, 4.69) is 22.5 Å². The number of halogens is 1. The Bertz CT molecular complexity index is 803. The lowest BCUT2D eigenvalue weighted by Crippen LogP contribution is -2.60. The number of benzene rings is 1. The van der Waals surface area contributed by atoms with Crippen molar-refractivity contribution in [1.29, 1.82) is 0 Å². The molecule has 0 radical (unpaired) electrons. The molecule has 7 nitrogen and oxygen atoms in total. The smallest absolute Gasteiger partial charge is 0.191 e. The summed E-state index contributed by atoms with van der Waals surface area (Å²) in [6.07, 6.45) is 7.53. The fourth-order valence-electron chi connectivity index (χ4n) is 4.45. The van der Waals surface area contributed by atoms with Crippen LogP contribution in [0.2, 0.25) is 0 Å². The molecule has 2 N–H and O–H groups in total. The van der Waals surface area contributed by atoms with Gasteiger partial charge in [0.05, 0.1) is 24.7 Å². The van der Waals surface area contributed by atoms with E-state index in [0.29, 0.717) is 11.4 Å². The van der Waals surface area contributed by atoms with Gasteiger partial charge in [0.2, 0.25) is 0 Å². The summed E-state index contributed by atoms with van der Waals surface area (Å²) in [5.74, 6) is 0.808. The Hall–Kier alpha value is -0.910. The molecule has 0 aromatic heterocycles. The average Bonchev–Trinajstić information content (AvgIpc) is 2.76. The van der Waals surface area contributed by atoms with E-state index in [9.17, 15) is 8.42 Å². The number of nitrogens with one attached hydrogen (secondary N) is 2. The minimum atomic E-state index is -3.17. The summed E-state index contributed by atoms with van der Waals surface area (Å²) >= 11 is 0. The summed E-state index contributed by atoms with van der Waals surface area (Å²) in [5, 5.41) is 6.94. The minimum Gasteiger partial charge on any atom is -0.379 e. The van der Waals surface area contributed by atoms with Gasteiger partial charge in [-0.05, 0) is 37.5 Å². The molecule has 2 fully saturated rings. The largest absolute Gasteiger partial charge is 0.379 e. The van der Waals surface area contributed by atoms with E-state index in [1.807, 2.05) is 12.1 Å². The fourth-order valence-corrected chi connectivity index (χ4v) is 5.09. The van der Waals surface area contributed by atoms with E-state index in [0.717, 1.165) is 50.9 Å². The Kier molecular flexibility index (Phi) is 10.5. The lowest BCUT2D eigenvalue weighted by Gasteiger charge is -2.48. The quantitative estimate of drug-likeness (QED) is 0.301. The van der Waals surface area contributed by atoms with Crippen molar-refractivity contribution in [3.8, 4) is 0 Å². The lowest BCUT2D eigenvalue weighted by molar-refractivity contribution is -0.0352. The molecule has 1 aliphatic carbocycles. The van der Waals surface area contributed by atoms with Crippen LogP contribution in [0.1, 0.15) is 44.6 Å². The molecule has 0 bridgehead atoms. The van der Waals surface area contributed by atoms with E-state index in [1.54, 1.807) is 12.1 Å². The standard InChI is InChI=1S/C22H36N4O3S.HI/c1-3-23-21(24-17-19-7-9-20(10-8-19)30(2,27)28)25-18-22(11-5-4-6-12-22)26-13-15-29-16-14-26;/h7-10H,3-6,11-18H2,1-2H3,(H2,23,24,25);1H. The maximum atomic E-state index is 11.6. The van der Waals surface area contributed by atoms with Crippen molar-refractivity contribution < 1.29 is 13.2 Å². The number of sulfone groups is 1. The molecule has 9 heteroatoms.